The molecule has 2 amide bonds. The van der Waals surface area contributed by atoms with Gasteiger partial charge in [0.1, 0.15) is 6.54 Å². The van der Waals surface area contributed by atoms with Gasteiger partial charge in [-0.05, 0) is 39.5 Å². The standard InChI is InChI=1S/C15H24N2O4/c1-10(2)17(9-13(18)19)15(21)12-4-3-7-16(8-12)14(20)11-5-6-11/h10-12H,3-9H2,1-2H3,(H,18,19). The van der Waals surface area contributed by atoms with Gasteiger partial charge in [0.15, 0.2) is 0 Å². The van der Waals surface area contributed by atoms with Gasteiger partial charge in [-0.2, -0.15) is 0 Å². The lowest BCUT2D eigenvalue weighted by molar-refractivity contribution is -0.150. The zero-order valence-corrected chi connectivity index (χ0v) is 12.7. The molecule has 0 radical (unpaired) electrons. The van der Waals surface area contributed by atoms with E-state index in [0.29, 0.717) is 6.54 Å². The monoisotopic (exact) mass is 296 g/mol. The van der Waals surface area contributed by atoms with Crippen molar-refractivity contribution in [3.8, 4) is 0 Å². The van der Waals surface area contributed by atoms with E-state index in [0.717, 1.165) is 32.2 Å². The van der Waals surface area contributed by atoms with Crippen molar-refractivity contribution < 1.29 is 19.5 Å². The normalized spacial score (nSPS) is 22.2. The molecule has 1 atom stereocenters. The molecule has 2 rings (SSSR count). The van der Waals surface area contributed by atoms with Crippen LogP contribution in [0, 0.1) is 11.8 Å². The summed E-state index contributed by atoms with van der Waals surface area (Å²) < 4.78 is 0. The molecule has 2 aliphatic rings. The number of carbonyl (C=O) groups is 3. The van der Waals surface area contributed by atoms with E-state index in [1.54, 1.807) is 4.90 Å². The predicted octanol–water partition coefficient (Wildman–Crippen LogP) is 0.957. The van der Waals surface area contributed by atoms with Crippen LogP contribution < -0.4 is 0 Å². The molecule has 1 saturated heterocycles. The third-order valence-electron chi connectivity index (χ3n) is 4.22. The molecule has 2 fully saturated rings. The summed E-state index contributed by atoms with van der Waals surface area (Å²) in [7, 11) is 0. The molecule has 1 aliphatic carbocycles. The SMILES string of the molecule is CC(C)N(CC(=O)O)C(=O)C1CCCN(C(=O)C2CC2)C1. The van der Waals surface area contributed by atoms with Gasteiger partial charge in [-0.15, -0.1) is 0 Å². The van der Waals surface area contributed by atoms with Gasteiger partial charge in [-0.25, -0.2) is 0 Å². The number of aliphatic carboxylic acids is 1. The lowest BCUT2D eigenvalue weighted by Gasteiger charge is -2.36. The van der Waals surface area contributed by atoms with E-state index in [9.17, 15) is 14.4 Å². The van der Waals surface area contributed by atoms with Gasteiger partial charge in [-0.1, -0.05) is 0 Å². The molecule has 1 unspecified atom stereocenters. The van der Waals surface area contributed by atoms with Crippen LogP contribution in [-0.4, -0.2) is 58.4 Å². The fourth-order valence-electron chi connectivity index (χ4n) is 2.86. The summed E-state index contributed by atoms with van der Waals surface area (Å²) >= 11 is 0. The van der Waals surface area contributed by atoms with Crippen molar-refractivity contribution in [3.63, 3.8) is 0 Å². The highest BCUT2D eigenvalue weighted by Crippen LogP contribution is 2.32. The first kappa shape index (κ1) is 15.8. The summed E-state index contributed by atoms with van der Waals surface area (Å²) in [6, 6.07) is -0.150. The van der Waals surface area contributed by atoms with Gasteiger partial charge in [0.05, 0.1) is 5.92 Å². The third-order valence-corrected chi connectivity index (χ3v) is 4.22. The van der Waals surface area contributed by atoms with E-state index >= 15 is 0 Å². The van der Waals surface area contributed by atoms with Gasteiger partial charge in [0.25, 0.3) is 0 Å². The van der Waals surface area contributed by atoms with Crippen LogP contribution in [0.5, 0.6) is 0 Å². The smallest absolute Gasteiger partial charge is 0.323 e. The first-order valence-electron chi connectivity index (χ1n) is 7.71. The zero-order valence-electron chi connectivity index (χ0n) is 12.7. The largest absolute Gasteiger partial charge is 0.480 e. The highest BCUT2D eigenvalue weighted by Gasteiger charge is 2.38. The Labute approximate surface area is 125 Å². The molecule has 1 aliphatic heterocycles. The number of hydrogen-bond acceptors (Lipinski definition) is 3. The minimum Gasteiger partial charge on any atom is -0.480 e. The summed E-state index contributed by atoms with van der Waals surface area (Å²) in [5.74, 6) is -1.07. The van der Waals surface area contributed by atoms with E-state index < -0.39 is 5.97 Å². The van der Waals surface area contributed by atoms with E-state index in [4.69, 9.17) is 5.11 Å². The summed E-state index contributed by atoms with van der Waals surface area (Å²) in [5, 5.41) is 8.94. The molecule has 0 bridgehead atoms. The van der Waals surface area contributed by atoms with Crippen LogP contribution in [-0.2, 0) is 14.4 Å². The van der Waals surface area contributed by atoms with Gasteiger partial charge in [-0.3, -0.25) is 14.4 Å². The summed E-state index contributed by atoms with van der Waals surface area (Å²) in [4.78, 5) is 38.8. The fourth-order valence-corrected chi connectivity index (χ4v) is 2.86. The van der Waals surface area contributed by atoms with Crippen molar-refractivity contribution in [1.82, 2.24) is 9.80 Å². The number of carboxylic acid groups (broad SMARTS) is 1. The summed E-state index contributed by atoms with van der Waals surface area (Å²) in [5.41, 5.74) is 0. The number of likely N-dealkylation sites (tertiary alicyclic amines) is 1. The maximum absolute atomic E-state index is 12.6. The molecule has 6 heteroatoms. The Balaban J connectivity index is 1.99. The average Bonchev–Trinajstić information content (AvgIpc) is 3.27. The molecule has 1 N–H and O–H groups in total. The summed E-state index contributed by atoms with van der Waals surface area (Å²) in [6.07, 6.45) is 3.47. The maximum atomic E-state index is 12.6. The molecular weight excluding hydrogens is 272 g/mol. The second-order valence-corrected chi connectivity index (χ2v) is 6.35. The Bertz CT molecular complexity index is 431. The molecule has 1 saturated carbocycles. The number of carbonyl (C=O) groups excluding carboxylic acids is 2. The van der Waals surface area contributed by atoms with Crippen molar-refractivity contribution >= 4 is 17.8 Å². The molecule has 0 spiro atoms. The van der Waals surface area contributed by atoms with E-state index in [1.807, 2.05) is 13.8 Å². The van der Waals surface area contributed by atoms with Crippen LogP contribution in [0.4, 0.5) is 0 Å². The number of nitrogens with zero attached hydrogens (tertiary/aromatic N) is 2. The topological polar surface area (TPSA) is 77.9 Å². The number of piperidine rings is 1. The fraction of sp³-hybridized carbons (Fsp3) is 0.800. The third kappa shape index (κ3) is 3.95. The molecule has 1 heterocycles. The van der Waals surface area contributed by atoms with Crippen LogP contribution in [0.25, 0.3) is 0 Å². The Morgan fingerprint density at radius 1 is 1.19 bits per heavy atom. The Morgan fingerprint density at radius 3 is 2.38 bits per heavy atom. The van der Waals surface area contributed by atoms with Crippen LogP contribution in [0.15, 0.2) is 0 Å². The first-order valence-corrected chi connectivity index (χ1v) is 7.71. The number of rotatable bonds is 5. The predicted molar refractivity (Wildman–Crippen MR) is 76.5 cm³/mol. The van der Waals surface area contributed by atoms with Gasteiger partial charge in [0.2, 0.25) is 11.8 Å². The van der Waals surface area contributed by atoms with Crippen molar-refractivity contribution in [2.24, 2.45) is 11.8 Å². The number of carboxylic acids is 1. The second kappa shape index (κ2) is 6.45. The molecule has 21 heavy (non-hydrogen) atoms. The molecule has 0 aromatic heterocycles. The van der Waals surface area contributed by atoms with Gasteiger partial charge >= 0.3 is 5.97 Å². The molecule has 0 aromatic carbocycles. The van der Waals surface area contributed by atoms with Gasteiger partial charge in [0, 0.05) is 25.0 Å². The molecule has 0 aromatic rings. The molecular formula is C15H24N2O4. The number of amides is 2. The Kier molecular flexibility index (Phi) is 4.85. The molecule has 118 valence electrons. The lowest BCUT2D eigenvalue weighted by atomic mass is 9.95. The van der Waals surface area contributed by atoms with Crippen LogP contribution >= 0.6 is 0 Å². The maximum Gasteiger partial charge on any atom is 0.323 e. The van der Waals surface area contributed by atoms with Crippen LogP contribution in [0.2, 0.25) is 0 Å². The Morgan fingerprint density at radius 2 is 1.86 bits per heavy atom. The zero-order chi connectivity index (χ0) is 15.6. The quantitative estimate of drug-likeness (QED) is 0.819. The second-order valence-electron chi connectivity index (χ2n) is 6.35. The average molecular weight is 296 g/mol. The van der Waals surface area contributed by atoms with Crippen molar-refractivity contribution in [2.45, 2.75) is 45.6 Å². The summed E-state index contributed by atoms with van der Waals surface area (Å²) in [6.45, 7) is 4.52. The van der Waals surface area contributed by atoms with Crippen LogP contribution in [0.3, 0.4) is 0 Å². The van der Waals surface area contributed by atoms with E-state index in [2.05, 4.69) is 0 Å². The first-order chi connectivity index (χ1) is 9.90. The van der Waals surface area contributed by atoms with Crippen molar-refractivity contribution in [2.75, 3.05) is 19.6 Å². The van der Waals surface area contributed by atoms with Crippen LogP contribution in [0.1, 0.15) is 39.5 Å². The van der Waals surface area contributed by atoms with E-state index in [-0.39, 0.29) is 36.2 Å². The minimum atomic E-state index is -1.00. The molecule has 6 nitrogen and oxygen atoms in total. The number of hydrogen-bond donors (Lipinski definition) is 1. The van der Waals surface area contributed by atoms with E-state index in [1.165, 1.54) is 4.90 Å². The van der Waals surface area contributed by atoms with Crippen molar-refractivity contribution in [3.05, 3.63) is 0 Å². The highest BCUT2D eigenvalue weighted by molar-refractivity contribution is 5.85. The lowest BCUT2D eigenvalue weighted by Crippen LogP contribution is -2.50. The highest BCUT2D eigenvalue weighted by atomic mass is 16.4. The van der Waals surface area contributed by atoms with Gasteiger partial charge < -0.3 is 14.9 Å². The minimum absolute atomic E-state index is 0.138. The Hall–Kier alpha value is -1.59. The van der Waals surface area contributed by atoms with Crippen molar-refractivity contribution in [1.29, 1.82) is 0 Å².